The first-order valence-electron chi connectivity index (χ1n) is 8.61. The number of H-pyrrole nitrogens is 1. The van der Waals surface area contributed by atoms with Gasteiger partial charge in [0.1, 0.15) is 12.4 Å². The lowest BCUT2D eigenvalue weighted by atomic mass is 9.99. The number of likely N-dealkylation sites (tertiary alicyclic amines) is 1. The van der Waals surface area contributed by atoms with E-state index in [9.17, 15) is 23.1 Å². The molecule has 2 N–H and O–H groups in total. The summed E-state index contributed by atoms with van der Waals surface area (Å²) >= 11 is 0. The maximum Gasteiger partial charge on any atom is 0.416 e. The van der Waals surface area contributed by atoms with E-state index < -0.39 is 11.7 Å². The summed E-state index contributed by atoms with van der Waals surface area (Å²) in [5.41, 5.74) is -0.0910. The van der Waals surface area contributed by atoms with E-state index in [4.69, 9.17) is 4.74 Å². The van der Waals surface area contributed by atoms with Crippen molar-refractivity contribution in [3.8, 4) is 5.75 Å². The molecule has 0 bridgehead atoms. The molecule has 27 heavy (non-hydrogen) atoms. The first kappa shape index (κ1) is 19.2. The molecule has 146 valence electrons. The predicted molar refractivity (Wildman–Crippen MR) is 90.1 cm³/mol. The Morgan fingerprint density at radius 1 is 1.37 bits per heavy atom. The Labute approximate surface area is 153 Å². The van der Waals surface area contributed by atoms with Gasteiger partial charge in [0.15, 0.2) is 5.69 Å². The van der Waals surface area contributed by atoms with Crippen molar-refractivity contribution in [3.05, 3.63) is 47.3 Å². The molecule has 1 aromatic carbocycles. The van der Waals surface area contributed by atoms with Crippen molar-refractivity contribution >= 4 is 5.91 Å². The van der Waals surface area contributed by atoms with Crippen LogP contribution in [0.15, 0.2) is 30.3 Å². The van der Waals surface area contributed by atoms with Crippen LogP contribution in [0.4, 0.5) is 13.2 Å². The van der Waals surface area contributed by atoms with Gasteiger partial charge in [-0.3, -0.25) is 9.89 Å². The first-order valence-corrected chi connectivity index (χ1v) is 8.61. The quantitative estimate of drug-likeness (QED) is 0.832. The minimum absolute atomic E-state index is 0.0408. The fraction of sp³-hybridized carbons (Fsp3) is 0.444. The molecule has 1 saturated heterocycles. The molecular weight excluding hydrogens is 363 g/mol. The molecule has 2 aromatic rings. The average molecular weight is 383 g/mol. The number of hydrogen-bond acceptors (Lipinski definition) is 4. The summed E-state index contributed by atoms with van der Waals surface area (Å²) in [6, 6.07) is 6.12. The van der Waals surface area contributed by atoms with E-state index in [1.165, 1.54) is 18.2 Å². The summed E-state index contributed by atoms with van der Waals surface area (Å²) in [6.45, 7) is 1.10. The highest BCUT2D eigenvalue weighted by Gasteiger charge is 2.30. The third kappa shape index (κ3) is 4.79. The van der Waals surface area contributed by atoms with Crippen molar-refractivity contribution in [3.63, 3.8) is 0 Å². The highest BCUT2D eigenvalue weighted by atomic mass is 19.4. The number of aliphatic hydroxyl groups excluding tert-OH is 1. The Morgan fingerprint density at radius 2 is 2.19 bits per heavy atom. The predicted octanol–water partition coefficient (Wildman–Crippen LogP) is 2.85. The Morgan fingerprint density at radius 3 is 2.93 bits per heavy atom. The number of aromatic amines is 1. The number of nitrogens with zero attached hydrogens (tertiary/aromatic N) is 2. The van der Waals surface area contributed by atoms with Gasteiger partial charge in [-0.25, -0.2) is 0 Å². The largest absolute Gasteiger partial charge is 0.487 e. The fourth-order valence-electron chi connectivity index (χ4n) is 3.03. The van der Waals surface area contributed by atoms with Crippen LogP contribution in [0.3, 0.4) is 0 Å². The zero-order valence-electron chi connectivity index (χ0n) is 14.5. The van der Waals surface area contributed by atoms with E-state index in [1.54, 1.807) is 4.90 Å². The molecule has 1 atom stereocenters. The number of benzene rings is 1. The number of halogens is 3. The molecule has 2 heterocycles. The van der Waals surface area contributed by atoms with E-state index in [0.717, 1.165) is 25.0 Å². The van der Waals surface area contributed by atoms with Gasteiger partial charge in [-0.05, 0) is 43.0 Å². The van der Waals surface area contributed by atoms with Crippen LogP contribution in [-0.2, 0) is 12.8 Å². The summed E-state index contributed by atoms with van der Waals surface area (Å²) in [4.78, 5) is 14.2. The summed E-state index contributed by atoms with van der Waals surface area (Å²) in [5.74, 6) is -0.0887. The maximum atomic E-state index is 12.7. The van der Waals surface area contributed by atoms with Crippen molar-refractivity contribution in [2.24, 2.45) is 5.92 Å². The molecule has 3 rings (SSSR count). The lowest BCUT2D eigenvalue weighted by Gasteiger charge is -2.31. The summed E-state index contributed by atoms with van der Waals surface area (Å²) in [5, 5.41) is 15.9. The molecule has 0 aliphatic carbocycles. The zero-order valence-corrected chi connectivity index (χ0v) is 14.5. The molecule has 6 nitrogen and oxygen atoms in total. The molecular formula is C18H20F3N3O3. The van der Waals surface area contributed by atoms with E-state index >= 15 is 0 Å². The average Bonchev–Trinajstić information content (AvgIpc) is 3.14. The number of hydrogen-bond donors (Lipinski definition) is 2. The van der Waals surface area contributed by atoms with Crippen LogP contribution in [-0.4, -0.2) is 45.8 Å². The minimum Gasteiger partial charge on any atom is -0.487 e. The van der Waals surface area contributed by atoms with Crippen molar-refractivity contribution in [1.82, 2.24) is 15.1 Å². The molecule has 1 aliphatic rings. The van der Waals surface area contributed by atoms with Crippen molar-refractivity contribution in [2.45, 2.75) is 25.6 Å². The van der Waals surface area contributed by atoms with Gasteiger partial charge in [-0.2, -0.15) is 18.3 Å². The van der Waals surface area contributed by atoms with Gasteiger partial charge >= 0.3 is 6.18 Å². The lowest BCUT2D eigenvalue weighted by Crippen LogP contribution is -2.41. The number of carbonyl (C=O) groups is 1. The Hall–Kier alpha value is -2.55. The molecule has 1 aromatic heterocycles. The smallest absolute Gasteiger partial charge is 0.416 e. The third-order valence-electron chi connectivity index (χ3n) is 4.47. The first-order chi connectivity index (χ1) is 12.9. The number of rotatable bonds is 5. The van der Waals surface area contributed by atoms with E-state index in [-0.39, 0.29) is 36.5 Å². The summed E-state index contributed by atoms with van der Waals surface area (Å²) in [6.07, 6.45) is -2.72. The van der Waals surface area contributed by atoms with Gasteiger partial charge in [0.25, 0.3) is 5.91 Å². The van der Waals surface area contributed by atoms with Crippen molar-refractivity contribution in [1.29, 1.82) is 0 Å². The van der Waals surface area contributed by atoms with Crippen molar-refractivity contribution < 1.29 is 27.8 Å². The van der Waals surface area contributed by atoms with Crippen molar-refractivity contribution in [2.75, 3.05) is 19.7 Å². The number of amides is 1. The molecule has 1 fully saturated rings. The lowest BCUT2D eigenvalue weighted by molar-refractivity contribution is -0.137. The van der Waals surface area contributed by atoms with Gasteiger partial charge in [-0.15, -0.1) is 0 Å². The highest BCUT2D eigenvalue weighted by molar-refractivity contribution is 5.92. The SMILES string of the molecule is O=C(c1cc(COc2cccc(C(F)(F)F)c2)[nH]n1)N1CCCC(CO)C1. The highest BCUT2D eigenvalue weighted by Crippen LogP contribution is 2.31. The van der Waals surface area contributed by atoms with Gasteiger partial charge < -0.3 is 14.7 Å². The molecule has 1 aliphatic heterocycles. The van der Waals surface area contributed by atoms with Crippen LogP contribution in [0.2, 0.25) is 0 Å². The van der Waals surface area contributed by atoms with E-state index in [2.05, 4.69) is 10.2 Å². The summed E-state index contributed by atoms with van der Waals surface area (Å²) in [7, 11) is 0. The fourth-order valence-corrected chi connectivity index (χ4v) is 3.03. The van der Waals surface area contributed by atoms with Crippen LogP contribution in [0.1, 0.15) is 34.6 Å². The molecule has 1 unspecified atom stereocenters. The van der Waals surface area contributed by atoms with Gasteiger partial charge in [0, 0.05) is 19.7 Å². The zero-order chi connectivity index (χ0) is 19.4. The van der Waals surface area contributed by atoms with Gasteiger partial charge in [-0.1, -0.05) is 6.07 Å². The van der Waals surface area contributed by atoms with E-state index in [0.29, 0.717) is 18.8 Å². The second kappa shape index (κ2) is 7.99. The summed E-state index contributed by atoms with van der Waals surface area (Å²) < 4.78 is 43.5. The minimum atomic E-state index is -4.44. The molecule has 0 spiro atoms. The molecule has 1 amide bonds. The molecule has 0 radical (unpaired) electrons. The standard InChI is InChI=1S/C18H20F3N3O3/c19-18(20,21)13-4-1-5-15(7-13)27-11-14-8-16(23-22-14)17(26)24-6-2-3-12(9-24)10-25/h1,4-5,7-8,12,25H,2-3,6,9-11H2,(H,22,23). The third-order valence-corrected chi connectivity index (χ3v) is 4.47. The Balaban J connectivity index is 1.60. The number of carbonyl (C=O) groups excluding carboxylic acids is 1. The molecule has 0 saturated carbocycles. The second-order valence-corrected chi connectivity index (χ2v) is 6.53. The van der Waals surface area contributed by atoms with Gasteiger partial charge in [0.2, 0.25) is 0 Å². The Bertz CT molecular complexity index is 791. The van der Waals surface area contributed by atoms with Crippen LogP contribution < -0.4 is 4.74 Å². The topological polar surface area (TPSA) is 78.5 Å². The number of ether oxygens (including phenoxy) is 1. The number of aliphatic hydroxyl groups is 1. The van der Waals surface area contributed by atoms with Crippen LogP contribution >= 0.6 is 0 Å². The number of alkyl halides is 3. The number of piperidine rings is 1. The molecule has 9 heteroatoms. The number of aromatic nitrogens is 2. The number of nitrogens with one attached hydrogen (secondary N) is 1. The normalized spacial score (nSPS) is 17.8. The van der Waals surface area contributed by atoms with E-state index in [1.807, 2.05) is 0 Å². The van der Waals surface area contributed by atoms with Crippen LogP contribution in [0.5, 0.6) is 5.75 Å². The van der Waals surface area contributed by atoms with Crippen LogP contribution in [0, 0.1) is 5.92 Å². The monoisotopic (exact) mass is 383 g/mol. The second-order valence-electron chi connectivity index (χ2n) is 6.53. The Kier molecular flexibility index (Phi) is 5.69. The van der Waals surface area contributed by atoms with Gasteiger partial charge in [0.05, 0.1) is 11.3 Å². The van der Waals surface area contributed by atoms with Crippen LogP contribution in [0.25, 0.3) is 0 Å². The maximum absolute atomic E-state index is 12.7.